The van der Waals surface area contributed by atoms with Gasteiger partial charge >= 0.3 is 5.97 Å². The lowest BCUT2D eigenvalue weighted by Gasteiger charge is -2.28. The molecular weight excluding hydrogens is 276 g/mol. The van der Waals surface area contributed by atoms with E-state index in [2.05, 4.69) is 10.6 Å². The molecule has 2 aliphatic heterocycles. The molecule has 2 saturated heterocycles. The molecule has 22 heavy (non-hydrogen) atoms. The summed E-state index contributed by atoms with van der Waals surface area (Å²) in [6.07, 6.45) is 12.4. The molecule has 4 rings (SSSR count). The van der Waals surface area contributed by atoms with Crippen LogP contribution in [0.2, 0.25) is 0 Å². The van der Waals surface area contributed by atoms with Crippen molar-refractivity contribution in [1.82, 2.24) is 10.6 Å². The van der Waals surface area contributed by atoms with Crippen LogP contribution < -0.4 is 10.6 Å². The van der Waals surface area contributed by atoms with Crippen molar-refractivity contribution in [2.75, 3.05) is 13.1 Å². The lowest BCUT2D eigenvalue weighted by Crippen LogP contribution is -2.35. The lowest BCUT2D eigenvalue weighted by molar-refractivity contribution is -0.145. The molecule has 0 amide bonds. The van der Waals surface area contributed by atoms with Gasteiger partial charge in [-0.2, -0.15) is 0 Å². The van der Waals surface area contributed by atoms with Gasteiger partial charge in [0, 0.05) is 11.1 Å². The van der Waals surface area contributed by atoms with Crippen molar-refractivity contribution in [3.8, 4) is 0 Å². The van der Waals surface area contributed by atoms with E-state index < -0.39 is 5.97 Å². The minimum Gasteiger partial charge on any atom is -0.481 e. The Morgan fingerprint density at radius 1 is 0.864 bits per heavy atom. The Hall–Kier alpha value is -0.610. The molecule has 4 nitrogen and oxygen atoms in total. The fraction of sp³-hybridized carbons (Fsp3) is 0.944. The molecule has 2 aliphatic carbocycles. The topological polar surface area (TPSA) is 61.4 Å². The molecule has 4 aliphatic rings. The molecule has 0 aromatic heterocycles. The van der Waals surface area contributed by atoms with Crippen molar-refractivity contribution < 1.29 is 9.90 Å². The van der Waals surface area contributed by atoms with Gasteiger partial charge in [0.2, 0.25) is 0 Å². The first kappa shape index (κ1) is 14.9. The van der Waals surface area contributed by atoms with Gasteiger partial charge in [-0.05, 0) is 63.5 Å². The fourth-order valence-corrected chi connectivity index (χ4v) is 6.15. The number of carboxylic acids is 1. The van der Waals surface area contributed by atoms with Crippen LogP contribution in [0.3, 0.4) is 0 Å². The maximum Gasteiger partial charge on any atom is 0.307 e. The van der Waals surface area contributed by atoms with Crippen LogP contribution in [0.25, 0.3) is 0 Å². The summed E-state index contributed by atoms with van der Waals surface area (Å²) in [5, 5.41) is 17.3. The van der Waals surface area contributed by atoms with Gasteiger partial charge in [0.25, 0.3) is 0 Å². The van der Waals surface area contributed by atoms with Gasteiger partial charge in [0.1, 0.15) is 0 Å². The van der Waals surface area contributed by atoms with Crippen molar-refractivity contribution in [3.05, 3.63) is 0 Å². The summed E-state index contributed by atoms with van der Waals surface area (Å²) < 4.78 is 0. The molecule has 4 heteroatoms. The fourth-order valence-electron chi connectivity index (χ4n) is 6.15. The highest BCUT2D eigenvalue weighted by atomic mass is 16.4. The first-order chi connectivity index (χ1) is 10.6. The maximum absolute atomic E-state index is 12.0. The third-order valence-electron chi connectivity index (χ3n) is 7.21. The van der Waals surface area contributed by atoms with Crippen molar-refractivity contribution in [2.45, 2.75) is 75.3 Å². The third kappa shape index (κ3) is 2.48. The maximum atomic E-state index is 12.0. The van der Waals surface area contributed by atoms with Crippen molar-refractivity contribution in [3.63, 3.8) is 0 Å². The zero-order chi connectivity index (χ0) is 15.2. The molecule has 0 radical (unpaired) electrons. The van der Waals surface area contributed by atoms with E-state index in [-0.39, 0.29) is 17.0 Å². The Morgan fingerprint density at radius 2 is 1.27 bits per heavy atom. The minimum absolute atomic E-state index is 0.153. The molecule has 2 heterocycles. The lowest BCUT2D eigenvalue weighted by atomic mass is 9.75. The number of hydrogen-bond acceptors (Lipinski definition) is 3. The molecule has 3 N–H and O–H groups in total. The molecule has 2 unspecified atom stereocenters. The van der Waals surface area contributed by atoms with Gasteiger partial charge in [0.15, 0.2) is 0 Å². The highest BCUT2D eigenvalue weighted by Crippen LogP contribution is 2.46. The molecule has 2 saturated carbocycles. The summed E-state index contributed by atoms with van der Waals surface area (Å²) in [6, 6.07) is 0. The Balaban J connectivity index is 1.46. The SMILES string of the molecule is O=C(O)C(C1CNC2(CCCC2)C1)C1CNC2(CCCC2)C1. The number of rotatable bonds is 3. The average Bonchev–Trinajstić information content (AvgIpc) is 3.25. The highest BCUT2D eigenvalue weighted by Gasteiger charge is 2.50. The van der Waals surface area contributed by atoms with Crippen LogP contribution in [0.15, 0.2) is 0 Å². The van der Waals surface area contributed by atoms with Crippen LogP contribution in [0.5, 0.6) is 0 Å². The van der Waals surface area contributed by atoms with E-state index >= 15 is 0 Å². The van der Waals surface area contributed by atoms with Crippen molar-refractivity contribution >= 4 is 5.97 Å². The third-order valence-corrected chi connectivity index (χ3v) is 7.21. The van der Waals surface area contributed by atoms with E-state index in [1.54, 1.807) is 0 Å². The van der Waals surface area contributed by atoms with E-state index in [1.165, 1.54) is 51.4 Å². The van der Waals surface area contributed by atoms with Gasteiger partial charge < -0.3 is 15.7 Å². The number of carbonyl (C=O) groups is 1. The zero-order valence-electron chi connectivity index (χ0n) is 13.6. The van der Waals surface area contributed by atoms with Gasteiger partial charge in [-0.15, -0.1) is 0 Å². The number of aliphatic carboxylic acids is 1. The van der Waals surface area contributed by atoms with E-state index in [4.69, 9.17) is 0 Å². The first-order valence-corrected chi connectivity index (χ1v) is 9.34. The van der Waals surface area contributed by atoms with Crippen molar-refractivity contribution in [2.24, 2.45) is 17.8 Å². The summed E-state index contributed by atoms with van der Waals surface area (Å²) >= 11 is 0. The molecule has 2 atom stereocenters. The summed E-state index contributed by atoms with van der Waals surface area (Å²) in [4.78, 5) is 12.0. The van der Waals surface area contributed by atoms with E-state index in [1.807, 2.05) is 0 Å². The largest absolute Gasteiger partial charge is 0.481 e. The summed E-state index contributed by atoms with van der Waals surface area (Å²) in [5.74, 6) is -0.0402. The number of nitrogens with one attached hydrogen (secondary N) is 2. The Bertz CT molecular complexity index is 404. The van der Waals surface area contributed by atoms with Crippen molar-refractivity contribution in [1.29, 1.82) is 0 Å². The van der Waals surface area contributed by atoms with Gasteiger partial charge in [-0.1, -0.05) is 25.7 Å². The second-order valence-corrected chi connectivity index (χ2v) is 8.53. The Labute approximate surface area is 133 Å². The summed E-state index contributed by atoms with van der Waals surface area (Å²) in [5.41, 5.74) is 0.574. The molecule has 0 bridgehead atoms. The summed E-state index contributed by atoms with van der Waals surface area (Å²) in [7, 11) is 0. The molecule has 2 spiro atoms. The first-order valence-electron chi connectivity index (χ1n) is 9.34. The summed E-state index contributed by atoms with van der Waals surface area (Å²) in [6.45, 7) is 1.83. The molecule has 0 aromatic rings. The average molecular weight is 306 g/mol. The second kappa shape index (κ2) is 5.48. The monoisotopic (exact) mass is 306 g/mol. The molecule has 0 aromatic carbocycles. The van der Waals surface area contributed by atoms with E-state index in [9.17, 15) is 9.90 Å². The van der Waals surface area contributed by atoms with E-state index in [0.717, 1.165) is 25.9 Å². The highest BCUT2D eigenvalue weighted by molar-refractivity contribution is 5.71. The standard InChI is InChI=1S/C18H30N2O2/c21-16(22)15(13-9-17(19-11-13)5-1-2-6-17)14-10-18(20-12-14)7-3-4-8-18/h13-15,19-20H,1-12H2,(H,21,22). The molecule has 124 valence electrons. The van der Waals surface area contributed by atoms with Crippen LogP contribution in [0.1, 0.15) is 64.2 Å². The number of hydrogen-bond donors (Lipinski definition) is 3. The van der Waals surface area contributed by atoms with E-state index in [0.29, 0.717) is 11.8 Å². The van der Waals surface area contributed by atoms with Crippen LogP contribution in [0.4, 0.5) is 0 Å². The normalized spacial score (nSPS) is 37.3. The van der Waals surface area contributed by atoms with Gasteiger partial charge in [0.05, 0.1) is 5.92 Å². The van der Waals surface area contributed by atoms with Crippen LogP contribution >= 0.6 is 0 Å². The molecular formula is C18H30N2O2. The van der Waals surface area contributed by atoms with Gasteiger partial charge in [-0.25, -0.2) is 0 Å². The zero-order valence-corrected chi connectivity index (χ0v) is 13.6. The second-order valence-electron chi connectivity index (χ2n) is 8.53. The number of carboxylic acid groups (broad SMARTS) is 1. The Morgan fingerprint density at radius 3 is 1.64 bits per heavy atom. The smallest absolute Gasteiger partial charge is 0.307 e. The quantitative estimate of drug-likeness (QED) is 0.750. The minimum atomic E-state index is -0.552. The predicted molar refractivity (Wildman–Crippen MR) is 85.7 cm³/mol. The van der Waals surface area contributed by atoms with Crippen LogP contribution in [-0.4, -0.2) is 35.2 Å². The van der Waals surface area contributed by atoms with Gasteiger partial charge in [-0.3, -0.25) is 4.79 Å². The predicted octanol–water partition coefficient (Wildman–Crippen LogP) is 2.53. The van der Waals surface area contributed by atoms with Crippen LogP contribution in [-0.2, 0) is 4.79 Å². The molecule has 4 fully saturated rings. The Kier molecular flexibility index (Phi) is 3.73. The van der Waals surface area contributed by atoms with Crippen LogP contribution in [0, 0.1) is 17.8 Å².